The summed E-state index contributed by atoms with van der Waals surface area (Å²) in [5.41, 5.74) is 1.31. The van der Waals surface area contributed by atoms with Gasteiger partial charge >= 0.3 is 0 Å². The maximum absolute atomic E-state index is 5.98. The Morgan fingerprint density at radius 1 is 1.47 bits per heavy atom. The summed E-state index contributed by atoms with van der Waals surface area (Å²) in [4.78, 5) is 5.49. The van der Waals surface area contributed by atoms with Crippen molar-refractivity contribution in [1.82, 2.24) is 4.98 Å². The van der Waals surface area contributed by atoms with Gasteiger partial charge in [-0.3, -0.25) is 0 Å². The Balaban J connectivity index is 2.06. The van der Waals surface area contributed by atoms with E-state index in [2.05, 4.69) is 28.7 Å². The van der Waals surface area contributed by atoms with E-state index in [0.717, 1.165) is 12.4 Å². The van der Waals surface area contributed by atoms with Crippen molar-refractivity contribution in [3.05, 3.63) is 45.2 Å². The van der Waals surface area contributed by atoms with Crippen molar-refractivity contribution in [2.24, 2.45) is 0 Å². The molecule has 1 N–H and O–H groups in total. The number of rotatable bonds is 3. The fourth-order valence-electron chi connectivity index (χ4n) is 1.26. The molecule has 0 fully saturated rings. The van der Waals surface area contributed by atoms with Gasteiger partial charge in [0.2, 0.25) is 0 Å². The Kier molecular flexibility index (Phi) is 3.23. The fraction of sp³-hybridized carbons (Fsp3) is 0.182. The van der Waals surface area contributed by atoms with Gasteiger partial charge in [-0.1, -0.05) is 11.6 Å². The van der Waals surface area contributed by atoms with Crippen LogP contribution < -0.4 is 5.32 Å². The van der Waals surface area contributed by atoms with Crippen LogP contribution in [0.5, 0.6) is 0 Å². The number of aromatic nitrogens is 1. The molecule has 0 aliphatic rings. The molecule has 2 rings (SSSR count). The quantitative estimate of drug-likeness (QED) is 0.882. The topological polar surface area (TPSA) is 24.9 Å². The maximum Gasteiger partial charge on any atom is 0.145 e. The molecule has 15 heavy (non-hydrogen) atoms. The third kappa shape index (κ3) is 2.49. The lowest BCUT2D eigenvalue weighted by molar-refractivity contribution is 1.13. The van der Waals surface area contributed by atoms with Crippen LogP contribution in [0.25, 0.3) is 0 Å². The van der Waals surface area contributed by atoms with Gasteiger partial charge in [-0.25, -0.2) is 4.98 Å². The minimum absolute atomic E-state index is 0.659. The molecule has 2 heterocycles. The van der Waals surface area contributed by atoms with E-state index in [1.807, 2.05) is 12.1 Å². The predicted octanol–water partition coefficient (Wildman–Crippen LogP) is 3.72. The summed E-state index contributed by atoms with van der Waals surface area (Å²) in [6.45, 7) is 2.88. The Labute approximate surface area is 97.9 Å². The van der Waals surface area contributed by atoms with Crippen molar-refractivity contribution in [2.75, 3.05) is 5.32 Å². The summed E-state index contributed by atoms with van der Waals surface area (Å²) in [5, 5.41) is 5.97. The second-order valence-electron chi connectivity index (χ2n) is 3.21. The molecule has 0 aliphatic carbocycles. The lowest BCUT2D eigenvalue weighted by Gasteiger charge is -2.05. The zero-order valence-electron chi connectivity index (χ0n) is 8.33. The van der Waals surface area contributed by atoms with Crippen molar-refractivity contribution in [3.8, 4) is 0 Å². The van der Waals surface area contributed by atoms with Gasteiger partial charge in [0, 0.05) is 11.1 Å². The van der Waals surface area contributed by atoms with Gasteiger partial charge in [-0.05, 0) is 36.1 Å². The Bertz CT molecular complexity index is 453. The van der Waals surface area contributed by atoms with Gasteiger partial charge in [0.1, 0.15) is 5.82 Å². The fourth-order valence-corrected chi connectivity index (χ4v) is 2.30. The lowest BCUT2D eigenvalue weighted by Crippen LogP contribution is -2.00. The lowest BCUT2D eigenvalue weighted by atomic mass is 10.3. The Morgan fingerprint density at radius 3 is 3.00 bits per heavy atom. The van der Waals surface area contributed by atoms with E-state index in [9.17, 15) is 0 Å². The smallest absolute Gasteiger partial charge is 0.145 e. The Morgan fingerprint density at radius 2 is 2.33 bits per heavy atom. The van der Waals surface area contributed by atoms with Gasteiger partial charge in [-0.2, -0.15) is 0 Å². The molecular weight excluding hydrogens is 228 g/mol. The number of nitrogens with zero attached hydrogens (tertiary/aromatic N) is 1. The molecule has 2 aromatic heterocycles. The van der Waals surface area contributed by atoms with E-state index >= 15 is 0 Å². The van der Waals surface area contributed by atoms with Crippen molar-refractivity contribution in [2.45, 2.75) is 13.5 Å². The van der Waals surface area contributed by atoms with E-state index < -0.39 is 0 Å². The van der Waals surface area contributed by atoms with Crippen molar-refractivity contribution >= 4 is 28.8 Å². The zero-order valence-corrected chi connectivity index (χ0v) is 9.90. The summed E-state index contributed by atoms with van der Waals surface area (Å²) in [5.74, 6) is 0.743. The van der Waals surface area contributed by atoms with E-state index in [-0.39, 0.29) is 0 Å². The SMILES string of the molecule is Cc1ccsc1CNc1ncccc1Cl. The number of nitrogens with one attached hydrogen (secondary N) is 1. The van der Waals surface area contributed by atoms with Crippen LogP contribution in [0.15, 0.2) is 29.8 Å². The maximum atomic E-state index is 5.98. The molecule has 0 unspecified atom stereocenters. The number of aryl methyl sites for hydroxylation is 1. The standard InChI is InChI=1S/C11H11ClN2S/c1-8-4-6-15-10(8)7-14-11-9(12)3-2-5-13-11/h2-6H,7H2,1H3,(H,13,14). The van der Waals surface area contributed by atoms with Crippen LogP contribution in [0.3, 0.4) is 0 Å². The van der Waals surface area contributed by atoms with Gasteiger partial charge in [0.05, 0.1) is 11.6 Å². The van der Waals surface area contributed by atoms with Crippen molar-refractivity contribution in [1.29, 1.82) is 0 Å². The molecule has 2 aromatic rings. The van der Waals surface area contributed by atoms with Crippen molar-refractivity contribution in [3.63, 3.8) is 0 Å². The highest BCUT2D eigenvalue weighted by Gasteiger charge is 2.02. The van der Waals surface area contributed by atoms with E-state index in [0.29, 0.717) is 5.02 Å². The molecule has 0 amide bonds. The molecular formula is C11H11ClN2S. The molecule has 0 spiro atoms. The van der Waals surface area contributed by atoms with Crippen LogP contribution in [-0.4, -0.2) is 4.98 Å². The van der Waals surface area contributed by atoms with E-state index in [1.165, 1.54) is 10.4 Å². The zero-order chi connectivity index (χ0) is 10.7. The molecule has 0 bridgehead atoms. The molecule has 0 saturated heterocycles. The number of hydrogen-bond acceptors (Lipinski definition) is 3. The van der Waals surface area contributed by atoms with Crippen LogP contribution in [0.2, 0.25) is 5.02 Å². The third-order valence-electron chi connectivity index (χ3n) is 2.14. The third-order valence-corrected chi connectivity index (χ3v) is 3.47. The van der Waals surface area contributed by atoms with Crippen molar-refractivity contribution < 1.29 is 0 Å². The summed E-state index contributed by atoms with van der Waals surface area (Å²) in [7, 11) is 0. The number of halogens is 1. The largest absolute Gasteiger partial charge is 0.364 e. The monoisotopic (exact) mass is 238 g/mol. The number of pyridine rings is 1. The van der Waals surface area contributed by atoms with Gasteiger partial charge in [0.15, 0.2) is 0 Å². The molecule has 2 nitrogen and oxygen atoms in total. The summed E-state index contributed by atoms with van der Waals surface area (Å²) in [6.07, 6.45) is 1.73. The molecule has 0 saturated carbocycles. The minimum atomic E-state index is 0.659. The highest BCUT2D eigenvalue weighted by Crippen LogP contribution is 2.21. The highest BCUT2D eigenvalue weighted by atomic mass is 35.5. The predicted molar refractivity (Wildman–Crippen MR) is 65.6 cm³/mol. The normalized spacial score (nSPS) is 10.3. The molecule has 0 aliphatic heterocycles. The van der Waals surface area contributed by atoms with Crippen LogP contribution in [-0.2, 0) is 6.54 Å². The molecule has 0 radical (unpaired) electrons. The molecule has 0 aromatic carbocycles. The second-order valence-corrected chi connectivity index (χ2v) is 4.62. The highest BCUT2D eigenvalue weighted by molar-refractivity contribution is 7.10. The van der Waals surface area contributed by atoms with Crippen LogP contribution in [0.1, 0.15) is 10.4 Å². The average Bonchev–Trinajstić information content (AvgIpc) is 2.63. The van der Waals surface area contributed by atoms with E-state index in [4.69, 9.17) is 11.6 Å². The molecule has 0 atom stereocenters. The second kappa shape index (κ2) is 4.64. The number of anilines is 1. The first-order valence-corrected chi connectivity index (χ1v) is 5.90. The molecule has 78 valence electrons. The Hall–Kier alpha value is -1.06. The number of thiophene rings is 1. The van der Waals surface area contributed by atoms with Crippen LogP contribution in [0, 0.1) is 6.92 Å². The number of hydrogen-bond donors (Lipinski definition) is 1. The van der Waals surface area contributed by atoms with E-state index in [1.54, 1.807) is 17.5 Å². The minimum Gasteiger partial charge on any atom is -0.364 e. The van der Waals surface area contributed by atoms with Gasteiger partial charge in [0.25, 0.3) is 0 Å². The van der Waals surface area contributed by atoms with Gasteiger partial charge < -0.3 is 5.32 Å². The van der Waals surface area contributed by atoms with Crippen LogP contribution in [0.4, 0.5) is 5.82 Å². The average molecular weight is 239 g/mol. The summed E-state index contributed by atoms with van der Waals surface area (Å²) >= 11 is 7.72. The van der Waals surface area contributed by atoms with Gasteiger partial charge in [-0.15, -0.1) is 11.3 Å². The first kappa shape index (κ1) is 10.5. The molecule has 4 heteroatoms. The van der Waals surface area contributed by atoms with Crippen LogP contribution >= 0.6 is 22.9 Å². The summed E-state index contributed by atoms with van der Waals surface area (Å²) < 4.78 is 0. The first-order chi connectivity index (χ1) is 7.27. The summed E-state index contributed by atoms with van der Waals surface area (Å²) in [6, 6.07) is 5.77. The first-order valence-electron chi connectivity index (χ1n) is 4.65.